The van der Waals surface area contributed by atoms with E-state index in [0.29, 0.717) is 12.0 Å². The van der Waals surface area contributed by atoms with Crippen molar-refractivity contribution in [2.45, 2.75) is 25.3 Å². The Morgan fingerprint density at radius 1 is 1.47 bits per heavy atom. The fourth-order valence-electron chi connectivity index (χ4n) is 2.16. The van der Waals surface area contributed by atoms with Gasteiger partial charge in [-0.2, -0.15) is 4.39 Å². The Hall–Kier alpha value is -0.870. The fraction of sp³-hybridized carbons (Fsp3) is 0.500. The van der Waals surface area contributed by atoms with Crippen molar-refractivity contribution < 1.29 is 13.5 Å². The van der Waals surface area contributed by atoms with Gasteiger partial charge in [0.25, 0.3) is 0 Å². The topological polar surface area (TPSA) is 21.3 Å². The van der Waals surface area contributed by atoms with E-state index < -0.39 is 11.6 Å². The van der Waals surface area contributed by atoms with Gasteiger partial charge < -0.3 is 10.1 Å². The van der Waals surface area contributed by atoms with Crippen molar-refractivity contribution in [1.29, 1.82) is 0 Å². The van der Waals surface area contributed by atoms with E-state index >= 15 is 0 Å². The molecule has 2 rings (SSSR count). The Bertz CT molecular complexity index is 419. The van der Waals surface area contributed by atoms with Gasteiger partial charge in [0.1, 0.15) is 0 Å². The number of hydrogen-bond donors (Lipinski definition) is 1. The van der Waals surface area contributed by atoms with Crippen LogP contribution >= 0.6 is 11.6 Å². The lowest BCUT2D eigenvalue weighted by Crippen LogP contribution is -2.24. The highest BCUT2D eigenvalue weighted by Crippen LogP contribution is 2.32. The van der Waals surface area contributed by atoms with Gasteiger partial charge in [-0.15, -0.1) is 0 Å². The molecule has 1 unspecified atom stereocenters. The molecule has 5 heteroatoms. The monoisotopic (exact) mass is 261 g/mol. The molecule has 1 aliphatic heterocycles. The largest absolute Gasteiger partial charge is 0.492 e. The molecule has 2 nitrogen and oxygen atoms in total. The molecule has 0 radical (unpaired) electrons. The maximum atomic E-state index is 13.7. The molecule has 1 aromatic carbocycles. The molecule has 1 heterocycles. The first-order chi connectivity index (χ1) is 8.13. The van der Waals surface area contributed by atoms with Gasteiger partial charge in [-0.1, -0.05) is 11.6 Å². The van der Waals surface area contributed by atoms with Crippen LogP contribution in [0.2, 0.25) is 5.02 Å². The summed E-state index contributed by atoms with van der Waals surface area (Å²) in [5.41, 5.74) is 0.299. The highest BCUT2D eigenvalue weighted by atomic mass is 35.5. The maximum Gasteiger partial charge on any atom is 0.202 e. The molecular weight excluding hydrogens is 248 g/mol. The smallest absolute Gasteiger partial charge is 0.202 e. The molecule has 1 N–H and O–H groups in total. The number of nitrogens with one attached hydrogen (secondary N) is 1. The number of methoxy groups -OCH3 is 1. The molecule has 0 aromatic heterocycles. The van der Waals surface area contributed by atoms with Gasteiger partial charge in [0.15, 0.2) is 11.6 Å². The van der Waals surface area contributed by atoms with E-state index in [4.69, 9.17) is 16.3 Å². The van der Waals surface area contributed by atoms with Crippen LogP contribution in [0, 0.1) is 11.6 Å². The third-order valence-electron chi connectivity index (χ3n) is 3.02. The van der Waals surface area contributed by atoms with Crippen molar-refractivity contribution in [3.8, 4) is 5.75 Å². The molecule has 0 saturated carbocycles. The first kappa shape index (κ1) is 12.6. The second kappa shape index (κ2) is 5.19. The third-order valence-corrected chi connectivity index (χ3v) is 3.31. The van der Waals surface area contributed by atoms with Crippen LogP contribution in [0.4, 0.5) is 8.78 Å². The molecule has 1 fully saturated rings. The summed E-state index contributed by atoms with van der Waals surface area (Å²) in [5.74, 6) is -2.10. The summed E-state index contributed by atoms with van der Waals surface area (Å²) in [4.78, 5) is 0. The highest BCUT2D eigenvalue weighted by Gasteiger charge is 2.22. The van der Waals surface area contributed by atoms with Gasteiger partial charge in [-0.05, 0) is 37.4 Å². The first-order valence-corrected chi connectivity index (χ1v) is 5.95. The first-order valence-electron chi connectivity index (χ1n) is 5.57. The van der Waals surface area contributed by atoms with Gasteiger partial charge >= 0.3 is 0 Å². The molecule has 1 atom stereocenters. The van der Waals surface area contributed by atoms with E-state index in [1.807, 2.05) is 0 Å². The van der Waals surface area contributed by atoms with Crippen molar-refractivity contribution in [3.63, 3.8) is 0 Å². The summed E-state index contributed by atoms with van der Waals surface area (Å²) >= 11 is 5.84. The van der Waals surface area contributed by atoms with Crippen molar-refractivity contribution in [2.24, 2.45) is 0 Å². The summed E-state index contributed by atoms with van der Waals surface area (Å²) in [6, 6.07) is 1.65. The van der Waals surface area contributed by atoms with Gasteiger partial charge in [-0.25, -0.2) is 4.39 Å². The van der Waals surface area contributed by atoms with Crippen LogP contribution in [0.3, 0.4) is 0 Å². The lowest BCUT2D eigenvalue weighted by Gasteiger charge is -2.13. The summed E-state index contributed by atoms with van der Waals surface area (Å²) in [6.07, 6.45) is 2.50. The lowest BCUT2D eigenvalue weighted by atomic mass is 10.0. The average Bonchev–Trinajstić information content (AvgIpc) is 2.79. The molecule has 1 aliphatic rings. The van der Waals surface area contributed by atoms with Crippen LogP contribution in [0.5, 0.6) is 5.75 Å². The minimum atomic E-state index is -1.01. The molecule has 0 aliphatic carbocycles. The Morgan fingerprint density at radius 2 is 2.24 bits per heavy atom. The van der Waals surface area contributed by atoms with E-state index in [2.05, 4.69) is 5.32 Å². The summed E-state index contributed by atoms with van der Waals surface area (Å²) in [5, 5.41) is 3.35. The minimum Gasteiger partial charge on any atom is -0.492 e. The predicted octanol–water partition coefficient (Wildman–Crippen LogP) is 2.92. The van der Waals surface area contributed by atoms with E-state index in [-0.39, 0.29) is 16.8 Å². The van der Waals surface area contributed by atoms with E-state index in [1.54, 1.807) is 0 Å². The minimum absolute atomic E-state index is 0.111. The van der Waals surface area contributed by atoms with Crippen molar-refractivity contribution in [1.82, 2.24) is 5.32 Å². The maximum absolute atomic E-state index is 13.7. The van der Waals surface area contributed by atoms with Crippen molar-refractivity contribution in [3.05, 3.63) is 28.3 Å². The van der Waals surface area contributed by atoms with Crippen molar-refractivity contribution >= 4 is 11.6 Å². The molecule has 0 amide bonds. The summed E-state index contributed by atoms with van der Waals surface area (Å²) < 4.78 is 32.1. The third kappa shape index (κ3) is 2.53. The molecule has 0 spiro atoms. The Labute approximate surface area is 104 Å². The highest BCUT2D eigenvalue weighted by molar-refractivity contribution is 6.32. The summed E-state index contributed by atoms with van der Waals surface area (Å²) in [7, 11) is 1.27. The van der Waals surface area contributed by atoms with Gasteiger partial charge in [0.2, 0.25) is 5.82 Å². The Morgan fingerprint density at radius 3 is 2.82 bits per heavy atom. The number of benzene rings is 1. The number of ether oxygens (including phenoxy) is 1. The van der Waals surface area contributed by atoms with Crippen LogP contribution in [-0.2, 0) is 6.42 Å². The van der Waals surface area contributed by atoms with Crippen LogP contribution in [0.1, 0.15) is 18.4 Å². The van der Waals surface area contributed by atoms with Crippen molar-refractivity contribution in [2.75, 3.05) is 13.7 Å². The van der Waals surface area contributed by atoms with Crippen LogP contribution in [0.15, 0.2) is 6.07 Å². The molecular formula is C12H14ClF2NO. The van der Waals surface area contributed by atoms with Crippen LogP contribution < -0.4 is 10.1 Å². The van der Waals surface area contributed by atoms with Gasteiger partial charge in [0.05, 0.1) is 12.1 Å². The predicted molar refractivity (Wildman–Crippen MR) is 62.6 cm³/mol. The van der Waals surface area contributed by atoms with E-state index in [0.717, 1.165) is 19.4 Å². The van der Waals surface area contributed by atoms with E-state index in [9.17, 15) is 8.78 Å². The molecule has 0 bridgehead atoms. The zero-order valence-corrected chi connectivity index (χ0v) is 10.3. The number of hydrogen-bond acceptors (Lipinski definition) is 2. The molecule has 1 saturated heterocycles. The SMILES string of the molecule is COc1c(Cl)cc(CC2CCCN2)c(F)c1F. The number of rotatable bonds is 3. The van der Waals surface area contributed by atoms with Gasteiger partial charge in [-0.3, -0.25) is 0 Å². The normalized spacial score (nSPS) is 19.6. The lowest BCUT2D eigenvalue weighted by molar-refractivity contribution is 0.369. The molecule has 17 heavy (non-hydrogen) atoms. The molecule has 1 aromatic rings. The van der Waals surface area contributed by atoms with Crippen LogP contribution in [-0.4, -0.2) is 19.7 Å². The second-order valence-electron chi connectivity index (χ2n) is 4.18. The number of halogens is 3. The fourth-order valence-corrected chi connectivity index (χ4v) is 2.45. The van der Waals surface area contributed by atoms with E-state index in [1.165, 1.54) is 13.2 Å². The quantitative estimate of drug-likeness (QED) is 0.845. The Kier molecular flexibility index (Phi) is 3.84. The standard InChI is InChI=1S/C12H14ClF2NO/c1-17-12-9(13)6-7(10(14)11(12)15)5-8-3-2-4-16-8/h6,8,16H,2-5H2,1H3. The van der Waals surface area contributed by atoms with Gasteiger partial charge in [0, 0.05) is 6.04 Å². The zero-order chi connectivity index (χ0) is 12.4. The average molecular weight is 262 g/mol. The Balaban J connectivity index is 2.28. The van der Waals surface area contributed by atoms with Crippen LogP contribution in [0.25, 0.3) is 0 Å². The second-order valence-corrected chi connectivity index (χ2v) is 4.58. The summed E-state index contributed by atoms with van der Waals surface area (Å²) in [6.45, 7) is 0.929. The molecule has 94 valence electrons. The zero-order valence-electron chi connectivity index (χ0n) is 9.53.